The molecule has 136 valence electrons. The fourth-order valence-electron chi connectivity index (χ4n) is 3.38. The van der Waals surface area contributed by atoms with Crippen LogP contribution in [0.1, 0.15) is 50.5 Å². The highest BCUT2D eigenvalue weighted by Gasteiger charge is 2.40. The van der Waals surface area contributed by atoms with Gasteiger partial charge in [0.25, 0.3) is 0 Å². The Morgan fingerprint density at radius 3 is 2.60 bits per heavy atom. The Labute approximate surface area is 146 Å². The van der Waals surface area contributed by atoms with Crippen LogP contribution in [0.5, 0.6) is 11.5 Å². The minimum Gasteiger partial charge on any atom is -0.495 e. The fourth-order valence-corrected chi connectivity index (χ4v) is 3.38. The lowest BCUT2D eigenvalue weighted by Crippen LogP contribution is -2.39. The van der Waals surface area contributed by atoms with Crippen molar-refractivity contribution in [1.82, 2.24) is 0 Å². The molecule has 0 saturated heterocycles. The minimum absolute atomic E-state index is 0.0137. The first-order valence-electron chi connectivity index (χ1n) is 8.38. The van der Waals surface area contributed by atoms with Crippen LogP contribution >= 0.6 is 0 Å². The first kappa shape index (κ1) is 17.8. The largest absolute Gasteiger partial charge is 0.495 e. The van der Waals surface area contributed by atoms with E-state index < -0.39 is 11.7 Å². The van der Waals surface area contributed by atoms with E-state index in [1.165, 1.54) is 13.2 Å². The fraction of sp³-hybridized carbons (Fsp3) is 0.526. The molecule has 25 heavy (non-hydrogen) atoms. The Morgan fingerprint density at radius 2 is 2.08 bits per heavy atom. The Morgan fingerprint density at radius 1 is 1.40 bits per heavy atom. The van der Waals surface area contributed by atoms with Crippen molar-refractivity contribution in [3.8, 4) is 11.5 Å². The lowest BCUT2D eigenvalue weighted by Gasteiger charge is -2.25. The first-order chi connectivity index (χ1) is 11.7. The number of aliphatic hydroxyl groups excluding tert-OH is 1. The molecule has 0 bridgehead atoms. The molecule has 2 aromatic rings. The lowest BCUT2D eigenvalue weighted by molar-refractivity contribution is -0.0233. The summed E-state index contributed by atoms with van der Waals surface area (Å²) in [5, 5.41) is 20.1. The summed E-state index contributed by atoms with van der Waals surface area (Å²) in [6.45, 7) is 6.98. The molecule has 6 nitrogen and oxygen atoms in total. The van der Waals surface area contributed by atoms with Crippen molar-refractivity contribution < 1.29 is 24.1 Å². The van der Waals surface area contributed by atoms with Crippen molar-refractivity contribution in [3.05, 3.63) is 33.2 Å². The molecule has 1 aromatic heterocycles. The maximum Gasteiger partial charge on any atom is 0.196 e. The Hall–Kier alpha value is -2.05. The average molecular weight is 348 g/mol. The molecule has 1 aromatic carbocycles. The summed E-state index contributed by atoms with van der Waals surface area (Å²) in [7, 11) is 1.50. The highest BCUT2D eigenvalue weighted by atomic mass is 16.5. The number of hydrogen-bond acceptors (Lipinski definition) is 6. The molecule has 1 aliphatic rings. The van der Waals surface area contributed by atoms with Gasteiger partial charge < -0.3 is 24.1 Å². The van der Waals surface area contributed by atoms with E-state index in [9.17, 15) is 15.0 Å². The van der Waals surface area contributed by atoms with Gasteiger partial charge in [0.2, 0.25) is 0 Å². The van der Waals surface area contributed by atoms with Crippen LogP contribution in [0.25, 0.3) is 11.0 Å². The van der Waals surface area contributed by atoms with Gasteiger partial charge in [-0.1, -0.05) is 13.8 Å². The number of ether oxygens (including phenoxy) is 2. The van der Waals surface area contributed by atoms with E-state index in [4.69, 9.17) is 13.9 Å². The number of aliphatic hydroxyl groups is 2. The quantitative estimate of drug-likeness (QED) is 0.882. The third-order valence-corrected chi connectivity index (χ3v) is 4.64. The zero-order valence-electron chi connectivity index (χ0n) is 15.2. The molecule has 1 aliphatic heterocycles. The second-order valence-electron chi connectivity index (χ2n) is 7.31. The van der Waals surface area contributed by atoms with Crippen molar-refractivity contribution in [2.75, 3.05) is 7.11 Å². The maximum absolute atomic E-state index is 12.6. The number of methoxy groups -OCH3 is 1. The van der Waals surface area contributed by atoms with E-state index in [-0.39, 0.29) is 23.7 Å². The van der Waals surface area contributed by atoms with Crippen molar-refractivity contribution in [2.45, 2.75) is 58.3 Å². The Balaban J connectivity index is 2.41. The molecule has 0 aliphatic carbocycles. The van der Waals surface area contributed by atoms with E-state index in [1.54, 1.807) is 13.8 Å². The third-order valence-electron chi connectivity index (χ3n) is 4.64. The summed E-state index contributed by atoms with van der Waals surface area (Å²) < 4.78 is 17.4. The summed E-state index contributed by atoms with van der Waals surface area (Å²) in [6, 6.07) is 1.28. The third kappa shape index (κ3) is 2.79. The van der Waals surface area contributed by atoms with Crippen LogP contribution in [0.2, 0.25) is 0 Å². The van der Waals surface area contributed by atoms with Crippen LogP contribution in [0, 0.1) is 0 Å². The summed E-state index contributed by atoms with van der Waals surface area (Å²) in [5.74, 6) is 1.22. The van der Waals surface area contributed by atoms with Gasteiger partial charge in [0.1, 0.15) is 40.9 Å². The van der Waals surface area contributed by atoms with E-state index in [0.29, 0.717) is 28.9 Å². The zero-order chi connectivity index (χ0) is 18.5. The Kier molecular flexibility index (Phi) is 4.29. The first-order valence-corrected chi connectivity index (χ1v) is 8.38. The van der Waals surface area contributed by atoms with Crippen molar-refractivity contribution in [2.24, 2.45) is 0 Å². The van der Waals surface area contributed by atoms with Gasteiger partial charge in [0.05, 0.1) is 12.7 Å². The van der Waals surface area contributed by atoms with Crippen LogP contribution < -0.4 is 14.9 Å². The molecule has 0 fully saturated rings. The SMILES string of the molecule is COc1c2c(c(C(C)C)c3oc(CO)cc(=O)c13)OC(C(C)(C)O)C2. The van der Waals surface area contributed by atoms with Gasteiger partial charge in [-0.05, 0) is 19.8 Å². The van der Waals surface area contributed by atoms with Crippen LogP contribution in [-0.4, -0.2) is 29.0 Å². The van der Waals surface area contributed by atoms with Gasteiger partial charge in [-0.25, -0.2) is 0 Å². The molecular formula is C19H24O6. The summed E-state index contributed by atoms with van der Waals surface area (Å²) in [5.41, 5.74) is 0.593. The number of hydrogen-bond donors (Lipinski definition) is 2. The molecule has 0 saturated carbocycles. The van der Waals surface area contributed by atoms with Gasteiger partial charge >= 0.3 is 0 Å². The highest BCUT2D eigenvalue weighted by molar-refractivity contribution is 5.91. The second-order valence-corrected chi connectivity index (χ2v) is 7.31. The standard InChI is InChI=1S/C19H24O6/c1-9(2)14-17-11(7-13(25-17)19(3,4)22)16(23-5)15-12(21)6-10(8-20)24-18(14)15/h6,9,13,20,22H,7-8H2,1-5H3. The van der Waals surface area contributed by atoms with Crippen LogP contribution in [-0.2, 0) is 13.0 Å². The number of fused-ring (bicyclic) bond motifs is 2. The van der Waals surface area contributed by atoms with Crippen LogP contribution in [0.4, 0.5) is 0 Å². The lowest BCUT2D eigenvalue weighted by atomic mass is 9.92. The van der Waals surface area contributed by atoms with E-state index >= 15 is 0 Å². The molecule has 6 heteroatoms. The molecule has 1 unspecified atom stereocenters. The van der Waals surface area contributed by atoms with Crippen molar-refractivity contribution in [3.63, 3.8) is 0 Å². The van der Waals surface area contributed by atoms with Crippen molar-refractivity contribution in [1.29, 1.82) is 0 Å². The predicted molar refractivity (Wildman–Crippen MR) is 93.5 cm³/mol. The van der Waals surface area contributed by atoms with Gasteiger partial charge in [-0.15, -0.1) is 0 Å². The summed E-state index contributed by atoms with van der Waals surface area (Å²) in [6.07, 6.45) is -0.00287. The van der Waals surface area contributed by atoms with E-state index in [0.717, 1.165) is 11.1 Å². The Bertz CT molecular complexity index is 872. The minimum atomic E-state index is -1.04. The van der Waals surface area contributed by atoms with E-state index in [2.05, 4.69) is 0 Å². The van der Waals surface area contributed by atoms with Gasteiger partial charge in [-0.2, -0.15) is 0 Å². The van der Waals surface area contributed by atoms with E-state index in [1.807, 2.05) is 13.8 Å². The predicted octanol–water partition coefficient (Wildman–Crippen LogP) is 2.49. The average Bonchev–Trinajstić information content (AvgIpc) is 2.96. The van der Waals surface area contributed by atoms with Crippen LogP contribution in [0.15, 0.2) is 15.3 Å². The molecule has 2 N–H and O–H groups in total. The monoisotopic (exact) mass is 348 g/mol. The maximum atomic E-state index is 12.6. The van der Waals surface area contributed by atoms with Crippen LogP contribution in [0.3, 0.4) is 0 Å². The molecule has 0 spiro atoms. The molecule has 1 atom stereocenters. The zero-order valence-corrected chi connectivity index (χ0v) is 15.2. The van der Waals surface area contributed by atoms with Gasteiger partial charge in [-0.3, -0.25) is 4.79 Å². The molecule has 0 amide bonds. The molecule has 3 rings (SSSR count). The molecule has 0 radical (unpaired) electrons. The van der Waals surface area contributed by atoms with Gasteiger partial charge in [0, 0.05) is 23.6 Å². The highest BCUT2D eigenvalue weighted by Crippen LogP contribution is 2.48. The number of benzene rings is 1. The summed E-state index contributed by atoms with van der Waals surface area (Å²) in [4.78, 5) is 12.6. The second kappa shape index (κ2) is 6.04. The smallest absolute Gasteiger partial charge is 0.196 e. The molecule has 2 heterocycles. The van der Waals surface area contributed by atoms with Crippen molar-refractivity contribution >= 4 is 11.0 Å². The topological polar surface area (TPSA) is 89.1 Å². The van der Waals surface area contributed by atoms with Gasteiger partial charge in [0.15, 0.2) is 5.43 Å². The normalized spacial score (nSPS) is 17.0. The molecular weight excluding hydrogens is 324 g/mol. The summed E-state index contributed by atoms with van der Waals surface area (Å²) >= 11 is 0. The number of rotatable bonds is 4.